The molecule has 0 aliphatic rings. The Balaban J connectivity index is 2.14. The minimum atomic E-state index is -0.526. The number of nitrogens with two attached hydrogens (primary N) is 2. The number of hydrogen-bond donors (Lipinski definition) is 3. The predicted octanol–water partition coefficient (Wildman–Crippen LogP) is 1.28. The number of benzene rings is 1. The normalized spacial score (nSPS) is 10.5. The van der Waals surface area contributed by atoms with E-state index in [9.17, 15) is 4.79 Å². The van der Waals surface area contributed by atoms with Crippen molar-refractivity contribution in [2.24, 2.45) is 12.8 Å². The number of aromatic nitrogens is 2. The highest BCUT2D eigenvalue weighted by atomic mass is 16.1. The van der Waals surface area contributed by atoms with Crippen molar-refractivity contribution in [2.75, 3.05) is 11.1 Å². The number of hydrogen-bond acceptors (Lipinski definition) is 4. The highest BCUT2D eigenvalue weighted by molar-refractivity contribution is 5.98. The van der Waals surface area contributed by atoms with Crippen molar-refractivity contribution in [3.8, 4) is 0 Å². The van der Waals surface area contributed by atoms with Gasteiger partial charge in [-0.1, -0.05) is 6.92 Å². The van der Waals surface area contributed by atoms with Crippen molar-refractivity contribution in [3.05, 3.63) is 41.2 Å². The van der Waals surface area contributed by atoms with Gasteiger partial charge in [-0.05, 0) is 24.6 Å². The van der Waals surface area contributed by atoms with E-state index in [4.69, 9.17) is 11.5 Å². The molecule has 1 heterocycles. The summed E-state index contributed by atoms with van der Waals surface area (Å²) >= 11 is 0. The summed E-state index contributed by atoms with van der Waals surface area (Å²) < 4.78 is 1.80. The lowest BCUT2D eigenvalue weighted by Crippen LogP contribution is -2.14. The molecule has 6 heteroatoms. The van der Waals surface area contributed by atoms with Gasteiger partial charge in [0.05, 0.1) is 11.3 Å². The standard InChI is InChI=1S/C14H19N5O/c1-3-13-9(8-19(2)18-13)7-17-10-4-5-12(15)11(6-10)14(16)20/h4-6,8,17H,3,7,15H2,1-2H3,(H2,16,20). The average Bonchev–Trinajstić information content (AvgIpc) is 2.77. The third-order valence-corrected chi connectivity index (χ3v) is 3.13. The van der Waals surface area contributed by atoms with Crippen molar-refractivity contribution >= 4 is 17.3 Å². The maximum atomic E-state index is 11.3. The van der Waals surface area contributed by atoms with Gasteiger partial charge < -0.3 is 16.8 Å². The molecule has 0 saturated heterocycles. The Hall–Kier alpha value is -2.50. The Labute approximate surface area is 117 Å². The van der Waals surface area contributed by atoms with Crippen molar-refractivity contribution in [2.45, 2.75) is 19.9 Å². The van der Waals surface area contributed by atoms with Crippen LogP contribution in [0.15, 0.2) is 24.4 Å². The molecule has 6 nitrogen and oxygen atoms in total. The van der Waals surface area contributed by atoms with E-state index in [1.54, 1.807) is 16.8 Å². The maximum absolute atomic E-state index is 11.3. The molecular weight excluding hydrogens is 254 g/mol. The molecule has 1 amide bonds. The monoisotopic (exact) mass is 273 g/mol. The molecular formula is C14H19N5O. The summed E-state index contributed by atoms with van der Waals surface area (Å²) in [4.78, 5) is 11.3. The van der Waals surface area contributed by atoms with Gasteiger partial charge in [0.25, 0.3) is 5.91 Å². The Morgan fingerprint density at radius 2 is 2.20 bits per heavy atom. The van der Waals surface area contributed by atoms with Crippen molar-refractivity contribution in [1.82, 2.24) is 9.78 Å². The quantitative estimate of drug-likeness (QED) is 0.714. The smallest absolute Gasteiger partial charge is 0.250 e. The van der Waals surface area contributed by atoms with Gasteiger partial charge in [-0.3, -0.25) is 9.48 Å². The second-order valence-corrected chi connectivity index (χ2v) is 4.65. The average molecular weight is 273 g/mol. The van der Waals surface area contributed by atoms with E-state index < -0.39 is 5.91 Å². The summed E-state index contributed by atoms with van der Waals surface area (Å²) in [6.45, 7) is 2.71. The SMILES string of the molecule is CCc1nn(C)cc1CNc1ccc(N)c(C(N)=O)c1. The van der Waals surface area contributed by atoms with Gasteiger partial charge in [-0.15, -0.1) is 0 Å². The van der Waals surface area contributed by atoms with Crippen LogP contribution >= 0.6 is 0 Å². The highest BCUT2D eigenvalue weighted by Crippen LogP contribution is 2.18. The summed E-state index contributed by atoms with van der Waals surface area (Å²) in [5.41, 5.74) is 14.7. The summed E-state index contributed by atoms with van der Waals surface area (Å²) in [5.74, 6) is -0.526. The van der Waals surface area contributed by atoms with Crippen molar-refractivity contribution in [3.63, 3.8) is 0 Å². The Bertz CT molecular complexity index is 632. The largest absolute Gasteiger partial charge is 0.398 e. The number of primary amides is 1. The molecule has 1 aromatic heterocycles. The number of nitrogen functional groups attached to an aromatic ring is 1. The predicted molar refractivity (Wildman–Crippen MR) is 79.3 cm³/mol. The van der Waals surface area contributed by atoms with Gasteiger partial charge in [-0.25, -0.2) is 0 Å². The Kier molecular flexibility index (Phi) is 3.93. The van der Waals surface area contributed by atoms with Crippen molar-refractivity contribution in [1.29, 1.82) is 0 Å². The fourth-order valence-corrected chi connectivity index (χ4v) is 2.11. The zero-order valence-corrected chi connectivity index (χ0v) is 11.7. The van der Waals surface area contributed by atoms with Gasteiger partial charge in [0, 0.05) is 36.7 Å². The molecule has 1 aromatic carbocycles. The first-order valence-corrected chi connectivity index (χ1v) is 6.45. The summed E-state index contributed by atoms with van der Waals surface area (Å²) in [7, 11) is 1.90. The second kappa shape index (κ2) is 5.64. The summed E-state index contributed by atoms with van der Waals surface area (Å²) in [5, 5.41) is 7.64. The molecule has 2 aromatic rings. The number of carbonyl (C=O) groups excluding carboxylic acids is 1. The molecule has 20 heavy (non-hydrogen) atoms. The van der Waals surface area contributed by atoms with E-state index in [0.717, 1.165) is 23.4 Å². The first-order chi connectivity index (χ1) is 9.51. The van der Waals surface area contributed by atoms with Crippen LogP contribution < -0.4 is 16.8 Å². The molecule has 0 bridgehead atoms. The number of amides is 1. The Morgan fingerprint density at radius 1 is 1.45 bits per heavy atom. The molecule has 106 valence electrons. The van der Waals surface area contributed by atoms with Crippen LogP contribution in [0, 0.1) is 0 Å². The van der Waals surface area contributed by atoms with Crippen LogP contribution in [0.5, 0.6) is 0 Å². The van der Waals surface area contributed by atoms with Crippen LogP contribution in [0.1, 0.15) is 28.5 Å². The molecule has 0 saturated carbocycles. The number of nitrogens with zero attached hydrogens (tertiary/aromatic N) is 2. The van der Waals surface area contributed by atoms with Crippen LogP contribution in [-0.4, -0.2) is 15.7 Å². The molecule has 2 rings (SSSR count). The number of anilines is 2. The van der Waals surface area contributed by atoms with Gasteiger partial charge in [0.1, 0.15) is 0 Å². The summed E-state index contributed by atoms with van der Waals surface area (Å²) in [6, 6.07) is 5.16. The number of aryl methyl sites for hydroxylation is 2. The van der Waals surface area contributed by atoms with E-state index in [2.05, 4.69) is 17.3 Å². The first-order valence-electron chi connectivity index (χ1n) is 6.45. The first kappa shape index (κ1) is 13.9. The third kappa shape index (κ3) is 2.90. The van der Waals surface area contributed by atoms with E-state index in [-0.39, 0.29) is 0 Å². The van der Waals surface area contributed by atoms with Gasteiger partial charge in [-0.2, -0.15) is 5.10 Å². The van der Waals surface area contributed by atoms with Crippen LogP contribution in [0.25, 0.3) is 0 Å². The fourth-order valence-electron chi connectivity index (χ4n) is 2.11. The lowest BCUT2D eigenvalue weighted by atomic mass is 10.1. The lowest BCUT2D eigenvalue weighted by Gasteiger charge is -2.09. The van der Waals surface area contributed by atoms with Crippen LogP contribution in [0.2, 0.25) is 0 Å². The minimum Gasteiger partial charge on any atom is -0.398 e. The zero-order chi connectivity index (χ0) is 14.7. The zero-order valence-electron chi connectivity index (χ0n) is 11.7. The van der Waals surface area contributed by atoms with E-state index in [1.165, 1.54) is 0 Å². The fraction of sp³-hybridized carbons (Fsp3) is 0.286. The van der Waals surface area contributed by atoms with Crippen LogP contribution in [-0.2, 0) is 20.0 Å². The number of nitrogens with one attached hydrogen (secondary N) is 1. The van der Waals surface area contributed by atoms with Gasteiger partial charge >= 0.3 is 0 Å². The molecule has 0 atom stereocenters. The van der Waals surface area contributed by atoms with E-state index >= 15 is 0 Å². The molecule has 0 radical (unpaired) electrons. The topological polar surface area (TPSA) is 99.0 Å². The molecule has 0 unspecified atom stereocenters. The maximum Gasteiger partial charge on any atom is 0.250 e. The van der Waals surface area contributed by atoms with Crippen molar-refractivity contribution < 1.29 is 4.79 Å². The summed E-state index contributed by atoms with van der Waals surface area (Å²) in [6.07, 6.45) is 2.87. The molecule has 0 fully saturated rings. The number of rotatable bonds is 5. The highest BCUT2D eigenvalue weighted by Gasteiger charge is 2.08. The molecule has 5 N–H and O–H groups in total. The molecule has 0 aliphatic carbocycles. The van der Waals surface area contributed by atoms with Crippen LogP contribution in [0.4, 0.5) is 11.4 Å². The van der Waals surface area contributed by atoms with Gasteiger partial charge in [0.2, 0.25) is 0 Å². The van der Waals surface area contributed by atoms with E-state index in [1.807, 2.05) is 19.3 Å². The molecule has 0 aliphatic heterocycles. The Morgan fingerprint density at radius 3 is 2.85 bits per heavy atom. The third-order valence-electron chi connectivity index (χ3n) is 3.13. The number of carbonyl (C=O) groups is 1. The molecule has 0 spiro atoms. The van der Waals surface area contributed by atoms with Crippen LogP contribution in [0.3, 0.4) is 0 Å². The van der Waals surface area contributed by atoms with E-state index in [0.29, 0.717) is 17.8 Å². The minimum absolute atomic E-state index is 0.330. The van der Waals surface area contributed by atoms with Gasteiger partial charge in [0.15, 0.2) is 0 Å². The second-order valence-electron chi connectivity index (χ2n) is 4.65. The lowest BCUT2D eigenvalue weighted by molar-refractivity contribution is 0.100.